The number of rotatable bonds is 11. The van der Waals surface area contributed by atoms with Crippen molar-refractivity contribution >= 4 is 5.91 Å². The van der Waals surface area contributed by atoms with Crippen molar-refractivity contribution in [1.82, 2.24) is 15.5 Å². The summed E-state index contributed by atoms with van der Waals surface area (Å²) in [5.74, 6) is 0.175. The Bertz CT molecular complexity index is 308. The number of hydrogen-bond acceptors (Lipinski definition) is 3. The summed E-state index contributed by atoms with van der Waals surface area (Å²) < 4.78 is 0. The Morgan fingerprint density at radius 2 is 1.73 bits per heavy atom. The fourth-order valence-corrected chi connectivity index (χ4v) is 3.09. The van der Waals surface area contributed by atoms with E-state index in [1.165, 1.54) is 0 Å². The van der Waals surface area contributed by atoms with Gasteiger partial charge in [-0.1, -0.05) is 41.5 Å². The summed E-state index contributed by atoms with van der Waals surface area (Å²) in [5, 5.41) is 6.28. The molecule has 0 spiro atoms. The second kappa shape index (κ2) is 10.2. The number of hydrogen-bond donors (Lipinski definition) is 2. The molecule has 4 heteroatoms. The highest BCUT2D eigenvalue weighted by molar-refractivity contribution is 5.76. The maximum Gasteiger partial charge on any atom is 0.221 e. The lowest BCUT2D eigenvalue weighted by Gasteiger charge is -2.32. The van der Waals surface area contributed by atoms with Gasteiger partial charge in [-0.25, -0.2) is 0 Å². The molecule has 0 aromatic heterocycles. The quantitative estimate of drug-likeness (QED) is 0.577. The Balaban J connectivity index is 4.02. The molecule has 0 fully saturated rings. The zero-order valence-electron chi connectivity index (χ0n) is 16.0. The van der Waals surface area contributed by atoms with Gasteiger partial charge in [0.05, 0.1) is 0 Å². The Labute approximate surface area is 138 Å². The van der Waals surface area contributed by atoms with Crippen LogP contribution in [0, 0.1) is 10.8 Å². The molecule has 0 bridgehead atoms. The lowest BCUT2D eigenvalue weighted by molar-refractivity contribution is -0.122. The third-order valence-electron chi connectivity index (χ3n) is 3.78. The predicted octanol–water partition coefficient (Wildman–Crippen LogP) is 2.89. The molecule has 0 heterocycles. The molecule has 0 aliphatic carbocycles. The summed E-state index contributed by atoms with van der Waals surface area (Å²) >= 11 is 0. The highest BCUT2D eigenvalue weighted by atomic mass is 16.1. The van der Waals surface area contributed by atoms with Gasteiger partial charge >= 0.3 is 0 Å². The summed E-state index contributed by atoms with van der Waals surface area (Å²) in [6.07, 6.45) is 2.83. The minimum atomic E-state index is 0.144. The van der Waals surface area contributed by atoms with E-state index in [9.17, 15) is 4.79 Å². The molecular weight excluding hydrogens is 274 g/mol. The van der Waals surface area contributed by atoms with Crippen LogP contribution in [-0.4, -0.2) is 50.6 Å². The van der Waals surface area contributed by atoms with Crippen LogP contribution in [0.25, 0.3) is 0 Å². The van der Waals surface area contributed by atoms with E-state index in [2.05, 4.69) is 57.1 Å². The topological polar surface area (TPSA) is 44.4 Å². The van der Waals surface area contributed by atoms with Crippen LogP contribution >= 0.6 is 0 Å². The van der Waals surface area contributed by atoms with Crippen LogP contribution in [0.5, 0.6) is 0 Å². The SMILES string of the molecule is CCN(CCCNC)CCC(=O)NCC(C)(C)CC(C)(C)C. The lowest BCUT2D eigenvalue weighted by atomic mass is 9.76. The molecule has 0 atom stereocenters. The molecule has 0 radical (unpaired) electrons. The van der Waals surface area contributed by atoms with Gasteiger partial charge in [0.25, 0.3) is 0 Å². The molecule has 0 saturated carbocycles. The summed E-state index contributed by atoms with van der Waals surface area (Å²) in [7, 11) is 1.98. The van der Waals surface area contributed by atoms with Crippen molar-refractivity contribution in [2.24, 2.45) is 10.8 Å². The fraction of sp³-hybridized carbons (Fsp3) is 0.944. The van der Waals surface area contributed by atoms with Crippen LogP contribution in [0.1, 0.15) is 60.8 Å². The van der Waals surface area contributed by atoms with E-state index in [-0.39, 0.29) is 11.3 Å². The van der Waals surface area contributed by atoms with E-state index < -0.39 is 0 Å². The summed E-state index contributed by atoms with van der Waals surface area (Å²) in [6.45, 7) is 18.1. The first-order valence-corrected chi connectivity index (χ1v) is 8.73. The van der Waals surface area contributed by atoms with Crippen molar-refractivity contribution in [3.8, 4) is 0 Å². The lowest BCUT2D eigenvalue weighted by Crippen LogP contribution is -2.38. The molecule has 0 aliphatic rings. The number of carbonyl (C=O) groups is 1. The first kappa shape index (κ1) is 21.4. The Kier molecular flexibility index (Phi) is 9.94. The highest BCUT2D eigenvalue weighted by Crippen LogP contribution is 2.32. The third kappa shape index (κ3) is 12.0. The average Bonchev–Trinajstić information content (AvgIpc) is 2.38. The summed E-state index contributed by atoms with van der Waals surface area (Å²) in [5.41, 5.74) is 0.436. The molecule has 132 valence electrons. The maximum atomic E-state index is 12.1. The van der Waals surface area contributed by atoms with Crippen molar-refractivity contribution in [3.63, 3.8) is 0 Å². The van der Waals surface area contributed by atoms with E-state index in [4.69, 9.17) is 0 Å². The summed E-state index contributed by atoms with van der Waals surface area (Å²) in [6, 6.07) is 0. The van der Waals surface area contributed by atoms with Crippen LogP contribution in [0.15, 0.2) is 0 Å². The van der Waals surface area contributed by atoms with E-state index in [1.54, 1.807) is 0 Å². The molecule has 0 saturated heterocycles. The molecular formula is C18H39N3O. The van der Waals surface area contributed by atoms with Gasteiger partial charge in [0.1, 0.15) is 0 Å². The van der Waals surface area contributed by atoms with Gasteiger partial charge in [-0.2, -0.15) is 0 Å². The van der Waals surface area contributed by atoms with Crippen LogP contribution in [0.3, 0.4) is 0 Å². The second-order valence-corrected chi connectivity index (χ2v) is 8.32. The van der Waals surface area contributed by atoms with Crippen molar-refractivity contribution < 1.29 is 4.79 Å². The van der Waals surface area contributed by atoms with Crippen LogP contribution in [-0.2, 0) is 4.79 Å². The smallest absolute Gasteiger partial charge is 0.221 e. The molecule has 1 amide bonds. The van der Waals surface area contributed by atoms with Gasteiger partial charge in [0.15, 0.2) is 0 Å². The number of carbonyl (C=O) groups excluding carboxylic acids is 1. The van der Waals surface area contributed by atoms with E-state index >= 15 is 0 Å². The van der Waals surface area contributed by atoms with Gasteiger partial charge in [-0.3, -0.25) is 4.79 Å². The predicted molar refractivity (Wildman–Crippen MR) is 96.1 cm³/mol. The third-order valence-corrected chi connectivity index (χ3v) is 3.78. The minimum Gasteiger partial charge on any atom is -0.356 e. The number of nitrogens with zero attached hydrogens (tertiary/aromatic N) is 1. The Morgan fingerprint density at radius 3 is 2.23 bits per heavy atom. The highest BCUT2D eigenvalue weighted by Gasteiger charge is 2.25. The molecule has 0 aliphatic heterocycles. The van der Waals surface area contributed by atoms with Crippen LogP contribution in [0.2, 0.25) is 0 Å². The number of nitrogens with one attached hydrogen (secondary N) is 2. The van der Waals surface area contributed by atoms with Gasteiger partial charge in [-0.15, -0.1) is 0 Å². The molecule has 0 aromatic carbocycles. The monoisotopic (exact) mass is 313 g/mol. The first-order chi connectivity index (χ1) is 10.1. The Hall–Kier alpha value is -0.610. The summed E-state index contributed by atoms with van der Waals surface area (Å²) in [4.78, 5) is 14.4. The largest absolute Gasteiger partial charge is 0.356 e. The normalized spacial score (nSPS) is 12.7. The van der Waals surface area contributed by atoms with Crippen LogP contribution < -0.4 is 10.6 Å². The molecule has 22 heavy (non-hydrogen) atoms. The molecule has 0 unspecified atom stereocenters. The fourth-order valence-electron chi connectivity index (χ4n) is 3.09. The van der Waals surface area contributed by atoms with E-state index in [0.717, 1.165) is 45.6 Å². The van der Waals surface area contributed by atoms with Crippen molar-refractivity contribution in [3.05, 3.63) is 0 Å². The van der Waals surface area contributed by atoms with E-state index in [0.29, 0.717) is 11.8 Å². The van der Waals surface area contributed by atoms with Gasteiger partial charge in [0, 0.05) is 19.5 Å². The number of amides is 1. The standard InChI is InChI=1S/C18H39N3O/c1-8-21(12-9-11-19-7)13-10-16(22)20-15-18(5,6)14-17(2,3)4/h19H,8-15H2,1-7H3,(H,20,22). The maximum absolute atomic E-state index is 12.1. The first-order valence-electron chi connectivity index (χ1n) is 8.73. The van der Waals surface area contributed by atoms with Gasteiger partial charge in [0.2, 0.25) is 5.91 Å². The van der Waals surface area contributed by atoms with E-state index in [1.807, 2.05) is 7.05 Å². The minimum absolute atomic E-state index is 0.144. The Morgan fingerprint density at radius 1 is 1.09 bits per heavy atom. The van der Waals surface area contributed by atoms with Crippen molar-refractivity contribution in [2.75, 3.05) is 39.8 Å². The van der Waals surface area contributed by atoms with Crippen molar-refractivity contribution in [2.45, 2.75) is 60.8 Å². The zero-order valence-corrected chi connectivity index (χ0v) is 16.0. The van der Waals surface area contributed by atoms with Crippen LogP contribution in [0.4, 0.5) is 0 Å². The molecule has 0 rings (SSSR count). The van der Waals surface area contributed by atoms with Gasteiger partial charge < -0.3 is 15.5 Å². The molecule has 0 aromatic rings. The molecule has 4 nitrogen and oxygen atoms in total. The molecule has 2 N–H and O–H groups in total. The van der Waals surface area contributed by atoms with Crippen molar-refractivity contribution in [1.29, 1.82) is 0 Å². The van der Waals surface area contributed by atoms with Gasteiger partial charge in [-0.05, 0) is 50.4 Å². The zero-order chi connectivity index (χ0) is 17.2. The average molecular weight is 314 g/mol. The second-order valence-electron chi connectivity index (χ2n) is 8.32.